The highest BCUT2D eigenvalue weighted by Crippen LogP contribution is 2.22. The average molecular weight is 266 g/mol. The zero-order chi connectivity index (χ0) is 13.9. The number of nitriles is 1. The fourth-order valence-corrected chi connectivity index (χ4v) is 3.31. The highest BCUT2D eigenvalue weighted by Gasteiger charge is 2.26. The van der Waals surface area contributed by atoms with Crippen LogP contribution in [-0.4, -0.2) is 25.8 Å². The van der Waals surface area contributed by atoms with E-state index in [4.69, 9.17) is 5.26 Å². The van der Waals surface area contributed by atoms with Gasteiger partial charge in [-0.2, -0.15) is 9.57 Å². The van der Waals surface area contributed by atoms with Gasteiger partial charge in [0.05, 0.1) is 17.4 Å². The molecule has 18 heavy (non-hydrogen) atoms. The van der Waals surface area contributed by atoms with Gasteiger partial charge in [-0.25, -0.2) is 8.42 Å². The van der Waals surface area contributed by atoms with E-state index in [-0.39, 0.29) is 12.5 Å². The van der Waals surface area contributed by atoms with Crippen LogP contribution in [-0.2, 0) is 10.0 Å². The molecule has 0 aliphatic rings. The molecule has 0 amide bonds. The summed E-state index contributed by atoms with van der Waals surface area (Å²) in [5.74, 6) is 0. The van der Waals surface area contributed by atoms with E-state index in [1.54, 1.807) is 26.0 Å². The second-order valence-corrected chi connectivity index (χ2v) is 6.47. The Kier molecular flexibility index (Phi) is 4.49. The van der Waals surface area contributed by atoms with Crippen LogP contribution >= 0.6 is 0 Å². The molecule has 0 aliphatic carbocycles. The number of hydrogen-bond acceptors (Lipinski definition) is 3. The fraction of sp³-hybridized carbons (Fsp3) is 0.462. The van der Waals surface area contributed by atoms with Gasteiger partial charge in [0.1, 0.15) is 0 Å². The summed E-state index contributed by atoms with van der Waals surface area (Å²) in [5, 5.41) is 8.65. The highest BCUT2D eigenvalue weighted by atomic mass is 32.2. The van der Waals surface area contributed by atoms with Crippen molar-refractivity contribution in [2.45, 2.75) is 38.1 Å². The normalized spacial score (nSPS) is 13.3. The summed E-state index contributed by atoms with van der Waals surface area (Å²) < 4.78 is 26.1. The maximum Gasteiger partial charge on any atom is 0.243 e. The van der Waals surface area contributed by atoms with Crippen LogP contribution in [0, 0.1) is 25.2 Å². The van der Waals surface area contributed by atoms with Crippen LogP contribution < -0.4 is 0 Å². The van der Waals surface area contributed by atoms with Crippen LogP contribution in [0.15, 0.2) is 23.1 Å². The summed E-state index contributed by atoms with van der Waals surface area (Å²) in [6, 6.07) is 7.00. The first kappa shape index (κ1) is 14.7. The second kappa shape index (κ2) is 5.51. The van der Waals surface area contributed by atoms with Crippen LogP contribution in [0.5, 0.6) is 0 Å². The molecule has 0 aliphatic heterocycles. The molecule has 0 aromatic heterocycles. The van der Waals surface area contributed by atoms with Gasteiger partial charge in [0.2, 0.25) is 10.0 Å². The third-order valence-corrected chi connectivity index (χ3v) is 5.12. The van der Waals surface area contributed by atoms with Crippen molar-refractivity contribution in [2.24, 2.45) is 0 Å². The molecule has 0 radical (unpaired) electrons. The van der Waals surface area contributed by atoms with Gasteiger partial charge in [0.15, 0.2) is 0 Å². The largest absolute Gasteiger partial charge is 0.243 e. The Bertz CT molecular complexity index is 573. The molecule has 1 aromatic rings. The van der Waals surface area contributed by atoms with Gasteiger partial charge >= 0.3 is 0 Å². The monoisotopic (exact) mass is 266 g/mol. The Hall–Kier alpha value is -1.38. The van der Waals surface area contributed by atoms with Gasteiger partial charge < -0.3 is 0 Å². The quantitative estimate of drug-likeness (QED) is 0.839. The van der Waals surface area contributed by atoms with E-state index in [0.717, 1.165) is 11.1 Å². The molecule has 0 spiro atoms. The van der Waals surface area contributed by atoms with Gasteiger partial charge in [-0.1, -0.05) is 12.1 Å². The highest BCUT2D eigenvalue weighted by molar-refractivity contribution is 7.89. The number of aryl methyl sites for hydroxylation is 2. The average Bonchev–Trinajstić information content (AvgIpc) is 2.31. The number of sulfonamides is 1. The molecule has 1 unspecified atom stereocenters. The minimum absolute atomic E-state index is 0.181. The Morgan fingerprint density at radius 3 is 2.56 bits per heavy atom. The number of rotatable bonds is 4. The van der Waals surface area contributed by atoms with Gasteiger partial charge in [-0.3, -0.25) is 0 Å². The van der Waals surface area contributed by atoms with E-state index < -0.39 is 10.0 Å². The van der Waals surface area contributed by atoms with Gasteiger partial charge in [0, 0.05) is 13.1 Å². The fourth-order valence-electron chi connectivity index (χ4n) is 1.64. The summed E-state index contributed by atoms with van der Waals surface area (Å²) in [5.41, 5.74) is 1.62. The molecule has 0 heterocycles. The molecule has 0 fully saturated rings. The third-order valence-electron chi connectivity index (χ3n) is 3.01. The first-order valence-corrected chi connectivity index (χ1v) is 7.17. The van der Waals surface area contributed by atoms with Crippen molar-refractivity contribution in [3.8, 4) is 6.07 Å². The molecular formula is C13H18N2O2S. The SMILES string of the molecule is Cc1ccc(C)c(S(=O)(=O)N(C)C(C)CC#N)c1. The summed E-state index contributed by atoms with van der Waals surface area (Å²) >= 11 is 0. The molecule has 1 rings (SSSR count). The van der Waals surface area contributed by atoms with Crippen molar-refractivity contribution in [2.75, 3.05) is 7.05 Å². The summed E-state index contributed by atoms with van der Waals surface area (Å²) in [6.07, 6.45) is 0.181. The number of nitrogens with zero attached hydrogens (tertiary/aromatic N) is 2. The van der Waals surface area contributed by atoms with Crippen LogP contribution in [0.1, 0.15) is 24.5 Å². The maximum absolute atomic E-state index is 12.4. The van der Waals surface area contributed by atoms with Crippen molar-refractivity contribution < 1.29 is 8.42 Å². The Labute approximate surface area is 109 Å². The minimum Gasteiger partial charge on any atom is -0.207 e. The van der Waals surface area contributed by atoms with Crippen molar-refractivity contribution in [1.82, 2.24) is 4.31 Å². The predicted molar refractivity (Wildman–Crippen MR) is 70.6 cm³/mol. The molecule has 4 nitrogen and oxygen atoms in total. The Morgan fingerprint density at radius 1 is 1.39 bits per heavy atom. The summed E-state index contributed by atoms with van der Waals surface area (Å²) in [6.45, 7) is 5.36. The smallest absolute Gasteiger partial charge is 0.207 e. The van der Waals surface area contributed by atoms with Crippen molar-refractivity contribution in [3.63, 3.8) is 0 Å². The molecule has 98 valence electrons. The van der Waals surface area contributed by atoms with E-state index >= 15 is 0 Å². The van der Waals surface area contributed by atoms with Gasteiger partial charge in [-0.05, 0) is 38.0 Å². The lowest BCUT2D eigenvalue weighted by atomic mass is 10.2. The predicted octanol–water partition coefficient (Wildman–Crippen LogP) is 2.23. The van der Waals surface area contributed by atoms with Crippen LogP contribution in [0.25, 0.3) is 0 Å². The summed E-state index contributed by atoms with van der Waals surface area (Å²) in [7, 11) is -2.02. The summed E-state index contributed by atoms with van der Waals surface area (Å²) in [4.78, 5) is 0.315. The minimum atomic E-state index is -3.53. The van der Waals surface area contributed by atoms with Crippen molar-refractivity contribution in [3.05, 3.63) is 29.3 Å². The molecule has 0 bridgehead atoms. The zero-order valence-electron chi connectivity index (χ0n) is 11.1. The molecule has 0 saturated carbocycles. The molecule has 0 saturated heterocycles. The molecule has 0 N–H and O–H groups in total. The molecule has 1 atom stereocenters. The topological polar surface area (TPSA) is 61.2 Å². The van der Waals surface area contributed by atoms with Crippen LogP contribution in [0.3, 0.4) is 0 Å². The first-order chi connectivity index (χ1) is 8.30. The van der Waals surface area contributed by atoms with Crippen molar-refractivity contribution in [1.29, 1.82) is 5.26 Å². The first-order valence-electron chi connectivity index (χ1n) is 5.73. The Morgan fingerprint density at radius 2 is 2.00 bits per heavy atom. The van der Waals surface area contributed by atoms with Gasteiger partial charge in [-0.15, -0.1) is 0 Å². The second-order valence-electron chi connectivity index (χ2n) is 4.50. The lowest BCUT2D eigenvalue weighted by Gasteiger charge is -2.23. The zero-order valence-corrected chi connectivity index (χ0v) is 12.0. The van der Waals surface area contributed by atoms with E-state index in [9.17, 15) is 8.42 Å². The van der Waals surface area contributed by atoms with Gasteiger partial charge in [0.25, 0.3) is 0 Å². The maximum atomic E-state index is 12.4. The molecular weight excluding hydrogens is 248 g/mol. The van der Waals surface area contributed by atoms with E-state index in [1.165, 1.54) is 11.4 Å². The van der Waals surface area contributed by atoms with E-state index in [2.05, 4.69) is 0 Å². The van der Waals surface area contributed by atoms with E-state index in [0.29, 0.717) is 4.90 Å². The standard InChI is InChI=1S/C13H18N2O2S/c1-10-5-6-11(2)13(9-10)18(16,17)15(4)12(3)7-8-14/h5-6,9,12H,7H2,1-4H3. The number of benzene rings is 1. The lowest BCUT2D eigenvalue weighted by molar-refractivity contribution is 0.393. The van der Waals surface area contributed by atoms with Crippen molar-refractivity contribution >= 4 is 10.0 Å². The number of hydrogen-bond donors (Lipinski definition) is 0. The molecule has 5 heteroatoms. The van der Waals surface area contributed by atoms with Crippen LogP contribution in [0.2, 0.25) is 0 Å². The third kappa shape index (κ3) is 2.89. The van der Waals surface area contributed by atoms with Crippen LogP contribution in [0.4, 0.5) is 0 Å². The lowest BCUT2D eigenvalue weighted by Crippen LogP contribution is -2.35. The Balaban J connectivity index is 3.22. The molecule has 1 aromatic carbocycles. The van der Waals surface area contributed by atoms with E-state index in [1.807, 2.05) is 19.1 Å².